The van der Waals surface area contributed by atoms with Crippen molar-refractivity contribution in [3.63, 3.8) is 0 Å². The Morgan fingerprint density at radius 3 is 2.21 bits per heavy atom. The Hall–Kier alpha value is -1.84. The highest BCUT2D eigenvalue weighted by molar-refractivity contribution is 5.99. The Kier molecular flexibility index (Phi) is 5.10. The zero-order valence-corrected chi connectivity index (χ0v) is 11.9. The number of nitrogens with one attached hydrogen (secondary N) is 1. The monoisotopic (exact) mass is 263 g/mol. The largest absolute Gasteiger partial charge is 0.480 e. The first-order valence-corrected chi connectivity index (χ1v) is 6.48. The van der Waals surface area contributed by atoms with Crippen molar-refractivity contribution in [1.82, 2.24) is 5.32 Å². The second-order valence-corrected chi connectivity index (χ2v) is 4.94. The molecular weight excluding hydrogens is 242 g/mol. The number of carbonyl (C=O) groups is 2. The van der Waals surface area contributed by atoms with Crippen LogP contribution in [0.25, 0.3) is 0 Å². The molecule has 0 saturated heterocycles. The lowest BCUT2D eigenvalue weighted by atomic mass is 9.97. The van der Waals surface area contributed by atoms with E-state index in [4.69, 9.17) is 0 Å². The van der Waals surface area contributed by atoms with E-state index in [1.54, 1.807) is 0 Å². The molecule has 0 heterocycles. The summed E-state index contributed by atoms with van der Waals surface area (Å²) < 4.78 is 0. The van der Waals surface area contributed by atoms with E-state index in [9.17, 15) is 14.7 Å². The van der Waals surface area contributed by atoms with Crippen LogP contribution in [0.4, 0.5) is 0 Å². The molecule has 1 rings (SSSR count). The number of amides is 1. The van der Waals surface area contributed by atoms with Crippen molar-refractivity contribution in [2.75, 3.05) is 0 Å². The Balaban J connectivity index is 2.98. The molecular formula is C15H21NO3. The van der Waals surface area contributed by atoms with Gasteiger partial charge in [0.2, 0.25) is 0 Å². The van der Waals surface area contributed by atoms with Crippen LogP contribution in [-0.4, -0.2) is 23.0 Å². The van der Waals surface area contributed by atoms with E-state index in [1.807, 2.05) is 45.9 Å². The average molecular weight is 263 g/mol. The molecule has 2 unspecified atom stereocenters. The summed E-state index contributed by atoms with van der Waals surface area (Å²) in [7, 11) is 0. The summed E-state index contributed by atoms with van der Waals surface area (Å²) in [5.41, 5.74) is 2.27. The van der Waals surface area contributed by atoms with Gasteiger partial charge in [0.25, 0.3) is 5.91 Å². The van der Waals surface area contributed by atoms with Crippen LogP contribution in [-0.2, 0) is 4.79 Å². The summed E-state index contributed by atoms with van der Waals surface area (Å²) in [4.78, 5) is 23.5. The highest BCUT2D eigenvalue weighted by Crippen LogP contribution is 2.15. The van der Waals surface area contributed by atoms with Crippen molar-refractivity contribution >= 4 is 11.9 Å². The molecule has 4 heteroatoms. The molecule has 0 aliphatic rings. The summed E-state index contributed by atoms with van der Waals surface area (Å²) in [5.74, 6) is -1.41. The summed E-state index contributed by atoms with van der Waals surface area (Å²) in [5, 5.41) is 11.8. The lowest BCUT2D eigenvalue weighted by molar-refractivity contribution is -0.140. The summed E-state index contributed by atoms with van der Waals surface area (Å²) in [6, 6.07) is 4.73. The number of rotatable bonds is 5. The molecule has 4 nitrogen and oxygen atoms in total. The molecule has 0 radical (unpaired) electrons. The summed E-state index contributed by atoms with van der Waals surface area (Å²) >= 11 is 0. The fraction of sp³-hybridized carbons (Fsp3) is 0.467. The van der Waals surface area contributed by atoms with Crippen LogP contribution in [0.2, 0.25) is 0 Å². The highest BCUT2D eigenvalue weighted by Gasteiger charge is 2.26. The number of hydrogen-bond donors (Lipinski definition) is 2. The number of benzene rings is 1. The SMILES string of the molecule is CCC(C)C(NC(=O)c1c(C)cccc1C)C(=O)O. The van der Waals surface area contributed by atoms with Crippen LogP contribution < -0.4 is 5.32 Å². The van der Waals surface area contributed by atoms with E-state index in [0.29, 0.717) is 12.0 Å². The van der Waals surface area contributed by atoms with Crippen LogP contribution >= 0.6 is 0 Å². The smallest absolute Gasteiger partial charge is 0.326 e. The van der Waals surface area contributed by atoms with Gasteiger partial charge in [-0.15, -0.1) is 0 Å². The number of hydrogen-bond acceptors (Lipinski definition) is 2. The van der Waals surface area contributed by atoms with Crippen molar-refractivity contribution in [2.45, 2.75) is 40.2 Å². The Labute approximate surface area is 113 Å². The molecule has 104 valence electrons. The molecule has 0 saturated carbocycles. The number of aryl methyl sites for hydroxylation is 2. The number of aliphatic carboxylic acids is 1. The van der Waals surface area contributed by atoms with Gasteiger partial charge in [-0.2, -0.15) is 0 Å². The standard InChI is InChI=1S/C15H21NO3/c1-5-9(2)13(15(18)19)16-14(17)12-10(3)7-6-8-11(12)4/h6-9,13H,5H2,1-4H3,(H,16,17)(H,18,19). The van der Waals surface area contributed by atoms with E-state index < -0.39 is 12.0 Å². The van der Waals surface area contributed by atoms with Gasteiger partial charge in [-0.1, -0.05) is 38.5 Å². The quantitative estimate of drug-likeness (QED) is 0.858. The third-order valence-electron chi connectivity index (χ3n) is 3.47. The third-order valence-corrected chi connectivity index (χ3v) is 3.47. The zero-order chi connectivity index (χ0) is 14.6. The second kappa shape index (κ2) is 6.36. The van der Waals surface area contributed by atoms with Crippen molar-refractivity contribution < 1.29 is 14.7 Å². The molecule has 0 fully saturated rings. The molecule has 0 spiro atoms. The van der Waals surface area contributed by atoms with E-state index in [2.05, 4.69) is 5.32 Å². The minimum Gasteiger partial charge on any atom is -0.480 e. The highest BCUT2D eigenvalue weighted by atomic mass is 16.4. The molecule has 19 heavy (non-hydrogen) atoms. The van der Waals surface area contributed by atoms with Gasteiger partial charge in [-0.25, -0.2) is 4.79 Å². The van der Waals surface area contributed by atoms with Crippen LogP contribution in [0.15, 0.2) is 18.2 Å². The maximum atomic E-state index is 12.2. The first-order chi connectivity index (χ1) is 8.88. The first kappa shape index (κ1) is 15.2. The molecule has 2 N–H and O–H groups in total. The third kappa shape index (κ3) is 3.56. The second-order valence-electron chi connectivity index (χ2n) is 4.94. The number of carbonyl (C=O) groups excluding carboxylic acids is 1. The van der Waals surface area contributed by atoms with Crippen molar-refractivity contribution in [3.8, 4) is 0 Å². The van der Waals surface area contributed by atoms with Gasteiger partial charge >= 0.3 is 5.97 Å². The van der Waals surface area contributed by atoms with Crippen molar-refractivity contribution in [2.24, 2.45) is 5.92 Å². The van der Waals surface area contributed by atoms with Crippen molar-refractivity contribution in [1.29, 1.82) is 0 Å². The van der Waals surface area contributed by atoms with Gasteiger partial charge in [0.1, 0.15) is 6.04 Å². The van der Waals surface area contributed by atoms with E-state index in [1.165, 1.54) is 0 Å². The maximum Gasteiger partial charge on any atom is 0.326 e. The molecule has 0 aliphatic carbocycles. The normalized spacial score (nSPS) is 13.7. The maximum absolute atomic E-state index is 12.2. The van der Waals surface area contributed by atoms with Gasteiger partial charge in [-0.3, -0.25) is 4.79 Å². The lowest BCUT2D eigenvalue weighted by Gasteiger charge is -2.21. The molecule has 0 aromatic heterocycles. The van der Waals surface area contributed by atoms with Crippen LogP contribution in [0.1, 0.15) is 41.8 Å². The molecule has 0 aliphatic heterocycles. The molecule has 1 amide bonds. The van der Waals surface area contributed by atoms with Crippen LogP contribution in [0.5, 0.6) is 0 Å². The predicted octanol–water partition coefficient (Wildman–Crippen LogP) is 2.53. The average Bonchev–Trinajstić information content (AvgIpc) is 2.34. The molecule has 0 bridgehead atoms. The molecule has 1 aromatic rings. The topological polar surface area (TPSA) is 66.4 Å². The van der Waals surface area contributed by atoms with E-state index in [-0.39, 0.29) is 11.8 Å². The number of carboxylic acids is 1. The number of carboxylic acid groups (broad SMARTS) is 1. The van der Waals surface area contributed by atoms with Crippen LogP contribution in [0.3, 0.4) is 0 Å². The zero-order valence-electron chi connectivity index (χ0n) is 11.9. The Morgan fingerprint density at radius 2 is 1.79 bits per heavy atom. The predicted molar refractivity (Wildman–Crippen MR) is 74.3 cm³/mol. The Bertz CT molecular complexity index is 462. The minimum absolute atomic E-state index is 0.106. The summed E-state index contributed by atoms with van der Waals surface area (Å²) in [6.07, 6.45) is 0.698. The van der Waals surface area contributed by atoms with Gasteiger partial charge in [-0.05, 0) is 30.9 Å². The van der Waals surface area contributed by atoms with E-state index in [0.717, 1.165) is 11.1 Å². The lowest BCUT2D eigenvalue weighted by Crippen LogP contribution is -2.45. The van der Waals surface area contributed by atoms with Gasteiger partial charge < -0.3 is 10.4 Å². The van der Waals surface area contributed by atoms with Crippen molar-refractivity contribution in [3.05, 3.63) is 34.9 Å². The molecule has 2 atom stereocenters. The fourth-order valence-corrected chi connectivity index (χ4v) is 2.07. The van der Waals surface area contributed by atoms with Crippen LogP contribution in [0, 0.1) is 19.8 Å². The van der Waals surface area contributed by atoms with Gasteiger partial charge in [0.05, 0.1) is 0 Å². The summed E-state index contributed by atoms with van der Waals surface area (Å²) in [6.45, 7) is 7.43. The van der Waals surface area contributed by atoms with Gasteiger partial charge in [0, 0.05) is 5.56 Å². The van der Waals surface area contributed by atoms with E-state index >= 15 is 0 Å². The fourth-order valence-electron chi connectivity index (χ4n) is 2.07. The first-order valence-electron chi connectivity index (χ1n) is 6.48. The Morgan fingerprint density at radius 1 is 1.26 bits per heavy atom. The van der Waals surface area contributed by atoms with Gasteiger partial charge in [0.15, 0.2) is 0 Å². The molecule has 1 aromatic carbocycles. The minimum atomic E-state index is -0.992.